The molecule has 1 aromatic heterocycles. The Labute approximate surface area is 187 Å². The van der Waals surface area contributed by atoms with Gasteiger partial charge in [0.1, 0.15) is 0 Å². The summed E-state index contributed by atoms with van der Waals surface area (Å²) in [6, 6.07) is 7.37. The van der Waals surface area contributed by atoms with E-state index in [1.165, 1.54) is 0 Å². The van der Waals surface area contributed by atoms with E-state index in [0.717, 1.165) is 44.2 Å². The Morgan fingerprint density at radius 1 is 1.36 bits per heavy atom. The fourth-order valence-electron chi connectivity index (χ4n) is 3.00. The van der Waals surface area contributed by atoms with E-state index < -0.39 is 0 Å². The molecular weight excluding hydrogens is 493 g/mol. The molecule has 1 aliphatic heterocycles. The van der Waals surface area contributed by atoms with E-state index in [2.05, 4.69) is 39.3 Å². The molecule has 154 valence electrons. The molecule has 1 atom stereocenters. The summed E-state index contributed by atoms with van der Waals surface area (Å²) >= 11 is 5.91. The Balaban J connectivity index is 0.00000280. The van der Waals surface area contributed by atoms with E-state index in [1.807, 2.05) is 24.3 Å². The van der Waals surface area contributed by atoms with Crippen molar-refractivity contribution in [2.75, 3.05) is 39.9 Å². The molecule has 2 aromatic rings. The molecule has 0 saturated carbocycles. The molecule has 1 aliphatic rings. The lowest BCUT2D eigenvalue weighted by Crippen LogP contribution is -2.41. The van der Waals surface area contributed by atoms with E-state index in [1.54, 1.807) is 0 Å². The van der Waals surface area contributed by atoms with Crippen LogP contribution in [0.2, 0.25) is 5.02 Å². The minimum Gasteiger partial charge on any atom is -0.381 e. The largest absolute Gasteiger partial charge is 0.381 e. The van der Waals surface area contributed by atoms with Gasteiger partial charge in [-0.3, -0.25) is 4.99 Å². The molecule has 1 saturated heterocycles. The van der Waals surface area contributed by atoms with Crippen LogP contribution in [0, 0.1) is 5.92 Å². The van der Waals surface area contributed by atoms with Crippen molar-refractivity contribution in [3.05, 3.63) is 35.2 Å². The molecule has 2 heterocycles. The predicted octanol–water partition coefficient (Wildman–Crippen LogP) is 3.48. The van der Waals surface area contributed by atoms with Crippen LogP contribution in [-0.2, 0) is 11.2 Å². The predicted molar refractivity (Wildman–Crippen MR) is 121 cm³/mol. The lowest BCUT2D eigenvalue weighted by atomic mass is 10.1. The maximum atomic E-state index is 5.91. The topological polar surface area (TPSA) is 75.8 Å². The Bertz CT molecular complexity index is 747. The second kappa shape index (κ2) is 11.6. The van der Waals surface area contributed by atoms with Crippen molar-refractivity contribution in [1.29, 1.82) is 0 Å². The summed E-state index contributed by atoms with van der Waals surface area (Å²) in [5.41, 5.74) is 0.879. The summed E-state index contributed by atoms with van der Waals surface area (Å²) in [6.45, 7) is 6.10. The maximum absolute atomic E-state index is 5.91. The van der Waals surface area contributed by atoms with Crippen LogP contribution in [0.15, 0.2) is 33.8 Å². The number of aliphatic imine (C=N–C) groups is 1. The fraction of sp³-hybridized carbons (Fsp3) is 0.526. The maximum Gasteiger partial charge on any atom is 0.228 e. The number of guanidine groups is 1. The number of aromatic nitrogens is 2. The van der Waals surface area contributed by atoms with Gasteiger partial charge in [-0.1, -0.05) is 16.8 Å². The molecule has 0 amide bonds. The monoisotopic (exact) mass is 519 g/mol. The van der Waals surface area contributed by atoms with Crippen LogP contribution in [0.25, 0.3) is 11.4 Å². The smallest absolute Gasteiger partial charge is 0.228 e. The zero-order valence-electron chi connectivity index (χ0n) is 16.2. The third-order valence-corrected chi connectivity index (χ3v) is 4.66. The molecular formula is C19H27ClIN5O2. The summed E-state index contributed by atoms with van der Waals surface area (Å²) < 4.78 is 10.8. The van der Waals surface area contributed by atoms with E-state index in [-0.39, 0.29) is 24.0 Å². The number of hydrogen-bond acceptors (Lipinski definition) is 5. The molecule has 28 heavy (non-hydrogen) atoms. The molecule has 1 fully saturated rings. The molecule has 0 aliphatic carbocycles. The van der Waals surface area contributed by atoms with Crippen molar-refractivity contribution >= 4 is 41.5 Å². The van der Waals surface area contributed by atoms with Gasteiger partial charge in [-0.15, -0.1) is 24.0 Å². The lowest BCUT2D eigenvalue weighted by molar-refractivity contribution is 0.181. The van der Waals surface area contributed by atoms with Crippen molar-refractivity contribution in [3.8, 4) is 11.4 Å². The second-order valence-corrected chi connectivity index (χ2v) is 7.05. The van der Waals surface area contributed by atoms with Gasteiger partial charge in [0.15, 0.2) is 5.96 Å². The molecule has 0 radical (unpaired) electrons. The first kappa shape index (κ1) is 22.9. The number of hydrogen-bond donors (Lipinski definition) is 1. The molecule has 3 rings (SSSR count). The van der Waals surface area contributed by atoms with Crippen LogP contribution in [-0.4, -0.2) is 60.9 Å². The van der Waals surface area contributed by atoms with Gasteiger partial charge in [0.25, 0.3) is 0 Å². The van der Waals surface area contributed by atoms with Crippen LogP contribution in [0.1, 0.15) is 19.2 Å². The SMILES string of the molecule is CCNC(=NCCc1nc(-c2ccc(Cl)cc2)no1)N(C)CC1CCOC1.I. The first-order valence-corrected chi connectivity index (χ1v) is 9.69. The Hall–Kier alpha value is -1.39. The summed E-state index contributed by atoms with van der Waals surface area (Å²) in [5.74, 6) is 2.60. The average molecular weight is 520 g/mol. The van der Waals surface area contributed by atoms with Crippen molar-refractivity contribution in [3.63, 3.8) is 0 Å². The number of halogens is 2. The summed E-state index contributed by atoms with van der Waals surface area (Å²) in [6.07, 6.45) is 1.70. The molecule has 9 heteroatoms. The molecule has 0 spiro atoms. The first-order chi connectivity index (χ1) is 13.2. The lowest BCUT2D eigenvalue weighted by Gasteiger charge is -2.24. The van der Waals surface area contributed by atoms with Crippen molar-refractivity contribution in [2.24, 2.45) is 10.9 Å². The van der Waals surface area contributed by atoms with Crippen molar-refractivity contribution in [2.45, 2.75) is 19.8 Å². The van der Waals surface area contributed by atoms with E-state index in [4.69, 9.17) is 20.9 Å². The standard InChI is InChI=1S/C19H26ClN5O2.HI/c1-3-21-19(25(2)12-14-9-11-26-13-14)22-10-8-17-23-18(24-27-17)15-4-6-16(20)7-5-15;/h4-7,14H,3,8-13H2,1-2H3,(H,21,22);1H. The third-order valence-electron chi connectivity index (χ3n) is 4.41. The van der Waals surface area contributed by atoms with Crippen LogP contribution >= 0.6 is 35.6 Å². The van der Waals surface area contributed by atoms with Gasteiger partial charge in [-0.2, -0.15) is 4.98 Å². The first-order valence-electron chi connectivity index (χ1n) is 9.31. The number of ether oxygens (including phenoxy) is 1. The number of rotatable bonds is 7. The highest BCUT2D eigenvalue weighted by atomic mass is 127. The normalized spacial score (nSPS) is 16.7. The van der Waals surface area contributed by atoms with Crippen LogP contribution in [0.3, 0.4) is 0 Å². The fourth-order valence-corrected chi connectivity index (χ4v) is 3.13. The van der Waals surface area contributed by atoms with E-state index >= 15 is 0 Å². The highest BCUT2D eigenvalue weighted by Crippen LogP contribution is 2.18. The minimum atomic E-state index is 0. The zero-order valence-corrected chi connectivity index (χ0v) is 19.3. The number of nitrogens with zero attached hydrogens (tertiary/aromatic N) is 4. The Morgan fingerprint density at radius 2 is 2.14 bits per heavy atom. The molecule has 1 aromatic carbocycles. The van der Waals surface area contributed by atoms with Gasteiger partial charge in [0.2, 0.25) is 11.7 Å². The zero-order chi connectivity index (χ0) is 19.1. The Morgan fingerprint density at radius 3 is 2.82 bits per heavy atom. The summed E-state index contributed by atoms with van der Waals surface area (Å²) in [4.78, 5) is 11.3. The molecule has 1 unspecified atom stereocenters. The van der Waals surface area contributed by atoms with Crippen molar-refractivity contribution in [1.82, 2.24) is 20.4 Å². The van der Waals surface area contributed by atoms with Crippen LogP contribution in [0.5, 0.6) is 0 Å². The van der Waals surface area contributed by atoms with Crippen LogP contribution in [0.4, 0.5) is 0 Å². The molecule has 7 nitrogen and oxygen atoms in total. The summed E-state index contributed by atoms with van der Waals surface area (Å²) in [5, 5.41) is 8.05. The highest BCUT2D eigenvalue weighted by molar-refractivity contribution is 14.0. The molecule has 0 bridgehead atoms. The quantitative estimate of drug-likeness (QED) is 0.343. The molecule has 1 N–H and O–H groups in total. The van der Waals surface area contributed by atoms with Crippen molar-refractivity contribution < 1.29 is 9.26 Å². The van der Waals surface area contributed by atoms with E-state index in [9.17, 15) is 0 Å². The summed E-state index contributed by atoms with van der Waals surface area (Å²) in [7, 11) is 2.06. The van der Waals surface area contributed by atoms with E-state index in [0.29, 0.717) is 35.6 Å². The van der Waals surface area contributed by atoms with Gasteiger partial charge in [-0.05, 0) is 37.6 Å². The van der Waals surface area contributed by atoms with Crippen LogP contribution < -0.4 is 5.32 Å². The average Bonchev–Trinajstić information content (AvgIpc) is 3.34. The third kappa shape index (κ3) is 6.59. The minimum absolute atomic E-state index is 0. The van der Waals surface area contributed by atoms with Gasteiger partial charge in [0.05, 0.1) is 13.2 Å². The Kier molecular flexibility index (Phi) is 9.46. The second-order valence-electron chi connectivity index (χ2n) is 6.61. The number of benzene rings is 1. The van der Waals surface area contributed by atoms with Gasteiger partial charge in [-0.25, -0.2) is 0 Å². The van der Waals surface area contributed by atoms with Gasteiger partial charge in [0, 0.05) is 49.7 Å². The van der Waals surface area contributed by atoms with Gasteiger partial charge < -0.3 is 19.5 Å². The number of nitrogens with one attached hydrogen (secondary N) is 1. The highest BCUT2D eigenvalue weighted by Gasteiger charge is 2.19. The van der Waals surface area contributed by atoms with Gasteiger partial charge >= 0.3 is 0 Å².